The smallest absolute Gasteiger partial charge is 0.331 e. The Hall–Kier alpha value is -1.85. The van der Waals surface area contributed by atoms with E-state index in [0.29, 0.717) is 13.0 Å². The maximum Gasteiger partial charge on any atom is 0.331 e. The summed E-state index contributed by atoms with van der Waals surface area (Å²) in [6.45, 7) is 4.59. The third-order valence-electron chi connectivity index (χ3n) is 3.06. The second-order valence-corrected chi connectivity index (χ2v) is 4.48. The molecular weight excluding hydrogens is 248 g/mol. The first-order valence-corrected chi connectivity index (χ1v) is 6.47. The van der Waals surface area contributed by atoms with Crippen molar-refractivity contribution < 1.29 is 19.5 Å². The number of rotatable bonds is 6. The maximum absolute atomic E-state index is 11.9. The van der Waals surface area contributed by atoms with Crippen LogP contribution in [0.2, 0.25) is 0 Å². The van der Waals surface area contributed by atoms with Crippen LogP contribution in [-0.2, 0) is 14.4 Å². The third kappa shape index (κ3) is 4.08. The van der Waals surface area contributed by atoms with E-state index in [2.05, 4.69) is 0 Å². The van der Waals surface area contributed by atoms with E-state index in [-0.39, 0.29) is 37.0 Å². The van der Waals surface area contributed by atoms with Gasteiger partial charge in [-0.05, 0) is 12.8 Å². The van der Waals surface area contributed by atoms with E-state index in [1.807, 2.05) is 6.92 Å². The van der Waals surface area contributed by atoms with E-state index >= 15 is 0 Å². The van der Waals surface area contributed by atoms with E-state index in [1.165, 1.54) is 11.0 Å². The highest BCUT2D eigenvalue weighted by Gasteiger charge is 2.28. The first kappa shape index (κ1) is 15.2. The van der Waals surface area contributed by atoms with Crippen molar-refractivity contribution in [2.75, 3.05) is 26.2 Å². The van der Waals surface area contributed by atoms with Crippen molar-refractivity contribution in [2.24, 2.45) is 0 Å². The van der Waals surface area contributed by atoms with Crippen LogP contribution in [0.3, 0.4) is 0 Å². The molecule has 106 valence electrons. The van der Waals surface area contributed by atoms with Gasteiger partial charge >= 0.3 is 5.97 Å². The second-order valence-electron chi connectivity index (χ2n) is 4.48. The minimum absolute atomic E-state index is 0.0337. The number of carboxylic acid groups (broad SMARTS) is 1. The molecule has 1 heterocycles. The van der Waals surface area contributed by atoms with Crippen molar-refractivity contribution in [1.29, 1.82) is 0 Å². The monoisotopic (exact) mass is 268 g/mol. The highest BCUT2D eigenvalue weighted by molar-refractivity contribution is 5.92. The molecule has 0 aromatic carbocycles. The maximum atomic E-state index is 11.9. The number of hydrogen-bond donors (Lipinski definition) is 1. The quantitative estimate of drug-likeness (QED) is 0.711. The molecule has 2 amide bonds. The number of aliphatic carboxylic acids is 1. The van der Waals surface area contributed by atoms with E-state index in [0.717, 1.165) is 6.42 Å². The fourth-order valence-electron chi connectivity index (χ4n) is 1.95. The van der Waals surface area contributed by atoms with Crippen LogP contribution < -0.4 is 0 Å². The average molecular weight is 268 g/mol. The molecule has 1 aliphatic heterocycles. The van der Waals surface area contributed by atoms with Gasteiger partial charge in [0.15, 0.2) is 0 Å². The van der Waals surface area contributed by atoms with Crippen LogP contribution in [0.1, 0.15) is 26.7 Å². The number of carboxylic acids is 1. The molecule has 0 radical (unpaired) electrons. The van der Waals surface area contributed by atoms with Crippen molar-refractivity contribution in [2.45, 2.75) is 26.7 Å². The highest BCUT2D eigenvalue weighted by Crippen LogP contribution is 2.08. The summed E-state index contributed by atoms with van der Waals surface area (Å²) in [6, 6.07) is 0. The summed E-state index contributed by atoms with van der Waals surface area (Å²) in [5.41, 5.74) is 0.260. The number of carbonyl (C=O) groups excluding carboxylic acids is 2. The largest absolute Gasteiger partial charge is 0.478 e. The SMILES string of the molecule is CCCN1CC(=O)N(CC=C(CC)C(=O)O)CC1=O. The zero-order chi connectivity index (χ0) is 14.4. The molecule has 0 aliphatic carbocycles. The molecular formula is C13H20N2O4. The summed E-state index contributed by atoms with van der Waals surface area (Å²) in [5, 5.41) is 8.89. The molecule has 0 aromatic rings. The molecule has 1 rings (SSSR count). The normalized spacial score (nSPS) is 17.1. The van der Waals surface area contributed by atoms with Crippen LogP contribution >= 0.6 is 0 Å². The Bertz CT molecular complexity index is 403. The summed E-state index contributed by atoms with van der Waals surface area (Å²) < 4.78 is 0. The molecule has 1 saturated heterocycles. The van der Waals surface area contributed by atoms with E-state index in [1.54, 1.807) is 11.8 Å². The number of piperazine rings is 1. The van der Waals surface area contributed by atoms with Crippen LogP contribution in [0.25, 0.3) is 0 Å². The summed E-state index contributed by atoms with van der Waals surface area (Å²) >= 11 is 0. The number of carbonyl (C=O) groups is 3. The van der Waals surface area contributed by atoms with Crippen molar-refractivity contribution in [1.82, 2.24) is 9.80 Å². The van der Waals surface area contributed by atoms with Crippen molar-refractivity contribution in [3.8, 4) is 0 Å². The lowest BCUT2D eigenvalue weighted by Crippen LogP contribution is -2.53. The summed E-state index contributed by atoms with van der Waals surface area (Å²) in [6.07, 6.45) is 2.72. The average Bonchev–Trinajstić information content (AvgIpc) is 2.35. The van der Waals surface area contributed by atoms with Gasteiger partial charge in [0, 0.05) is 18.7 Å². The highest BCUT2D eigenvalue weighted by atomic mass is 16.4. The minimum atomic E-state index is -0.981. The predicted molar refractivity (Wildman–Crippen MR) is 69.5 cm³/mol. The zero-order valence-electron chi connectivity index (χ0n) is 11.4. The fraction of sp³-hybridized carbons (Fsp3) is 0.615. The van der Waals surface area contributed by atoms with Crippen LogP contribution in [0, 0.1) is 0 Å². The lowest BCUT2D eigenvalue weighted by atomic mass is 10.2. The summed E-state index contributed by atoms with van der Waals surface area (Å²) in [5.74, 6) is -1.20. The van der Waals surface area contributed by atoms with Gasteiger partial charge in [0.2, 0.25) is 11.8 Å². The van der Waals surface area contributed by atoms with Crippen molar-refractivity contribution in [3.63, 3.8) is 0 Å². The molecule has 6 heteroatoms. The van der Waals surface area contributed by atoms with Gasteiger partial charge in [-0.3, -0.25) is 9.59 Å². The lowest BCUT2D eigenvalue weighted by Gasteiger charge is -2.33. The number of amides is 2. The molecule has 0 atom stereocenters. The Balaban J connectivity index is 2.64. The Morgan fingerprint density at radius 2 is 1.79 bits per heavy atom. The van der Waals surface area contributed by atoms with Gasteiger partial charge in [-0.25, -0.2) is 4.79 Å². The summed E-state index contributed by atoms with van der Waals surface area (Å²) in [7, 11) is 0. The zero-order valence-corrected chi connectivity index (χ0v) is 11.4. The topological polar surface area (TPSA) is 77.9 Å². The fourth-order valence-corrected chi connectivity index (χ4v) is 1.95. The number of nitrogens with zero attached hydrogens (tertiary/aromatic N) is 2. The van der Waals surface area contributed by atoms with Crippen LogP contribution in [0.4, 0.5) is 0 Å². The predicted octanol–water partition coefficient (Wildman–Crippen LogP) is 0.488. The first-order chi connectivity index (χ1) is 8.99. The lowest BCUT2D eigenvalue weighted by molar-refractivity contribution is -0.149. The standard InChI is InChI=1S/C13H20N2O4/c1-3-6-14-8-12(17)15(9-11(14)16)7-5-10(4-2)13(18)19/h5H,3-4,6-9H2,1-2H3,(H,18,19). The molecule has 0 bridgehead atoms. The minimum Gasteiger partial charge on any atom is -0.478 e. The molecule has 0 aromatic heterocycles. The molecule has 1 aliphatic rings. The van der Waals surface area contributed by atoms with Crippen LogP contribution in [-0.4, -0.2) is 58.9 Å². The van der Waals surface area contributed by atoms with Gasteiger partial charge in [-0.15, -0.1) is 0 Å². The van der Waals surface area contributed by atoms with Crippen molar-refractivity contribution in [3.05, 3.63) is 11.6 Å². The second kappa shape index (κ2) is 6.92. The van der Waals surface area contributed by atoms with E-state index in [9.17, 15) is 14.4 Å². The molecule has 1 fully saturated rings. The first-order valence-electron chi connectivity index (χ1n) is 6.47. The van der Waals surface area contributed by atoms with Crippen molar-refractivity contribution >= 4 is 17.8 Å². The van der Waals surface area contributed by atoms with Gasteiger partial charge < -0.3 is 14.9 Å². The molecule has 0 saturated carbocycles. The molecule has 1 N–H and O–H groups in total. The van der Waals surface area contributed by atoms with Crippen LogP contribution in [0.5, 0.6) is 0 Å². The molecule has 6 nitrogen and oxygen atoms in total. The summed E-state index contributed by atoms with van der Waals surface area (Å²) in [4.78, 5) is 37.4. The number of hydrogen-bond acceptors (Lipinski definition) is 3. The Morgan fingerprint density at radius 1 is 1.21 bits per heavy atom. The van der Waals surface area contributed by atoms with Gasteiger partial charge in [-0.2, -0.15) is 0 Å². The van der Waals surface area contributed by atoms with E-state index < -0.39 is 5.97 Å². The Morgan fingerprint density at radius 3 is 2.32 bits per heavy atom. The van der Waals surface area contributed by atoms with Crippen LogP contribution in [0.15, 0.2) is 11.6 Å². The third-order valence-corrected chi connectivity index (χ3v) is 3.06. The van der Waals surface area contributed by atoms with Gasteiger partial charge in [0.05, 0.1) is 6.54 Å². The Labute approximate surface area is 112 Å². The molecule has 0 unspecified atom stereocenters. The van der Waals surface area contributed by atoms with E-state index in [4.69, 9.17) is 5.11 Å². The van der Waals surface area contributed by atoms with Gasteiger partial charge in [-0.1, -0.05) is 19.9 Å². The van der Waals surface area contributed by atoms with Gasteiger partial charge in [0.1, 0.15) is 6.54 Å². The van der Waals surface area contributed by atoms with Gasteiger partial charge in [0.25, 0.3) is 0 Å². The Kier molecular flexibility index (Phi) is 5.54. The molecule has 0 spiro atoms. The molecule has 19 heavy (non-hydrogen) atoms.